The van der Waals surface area contributed by atoms with Gasteiger partial charge in [0.15, 0.2) is 5.11 Å². The van der Waals surface area contributed by atoms with Gasteiger partial charge in [-0.15, -0.1) is 0 Å². The number of alkyl halides is 3. The Kier molecular flexibility index (Phi) is 6.42. The van der Waals surface area contributed by atoms with Crippen LogP contribution in [0.1, 0.15) is 37.4 Å². The molecule has 0 saturated heterocycles. The maximum absolute atomic E-state index is 12.8. The van der Waals surface area contributed by atoms with Crippen LogP contribution in [0.4, 0.5) is 18.9 Å². The van der Waals surface area contributed by atoms with Gasteiger partial charge in [-0.2, -0.15) is 13.2 Å². The molecule has 0 aliphatic carbocycles. The van der Waals surface area contributed by atoms with E-state index in [2.05, 4.69) is 24.5 Å². The molecule has 0 heterocycles. The minimum absolute atomic E-state index is 0.00741. The molecule has 2 nitrogen and oxygen atoms in total. The molecule has 6 heteroatoms. The number of hydrogen-bond acceptors (Lipinski definition) is 1. The smallest absolute Gasteiger partial charge is 0.356 e. The lowest BCUT2D eigenvalue weighted by Crippen LogP contribution is -2.33. The van der Waals surface area contributed by atoms with E-state index < -0.39 is 11.7 Å². The Balaban J connectivity index is 2.09. The van der Waals surface area contributed by atoms with Crippen LogP contribution in [0.2, 0.25) is 0 Å². The molecule has 2 N–H and O–H groups in total. The Labute approximate surface area is 151 Å². The first-order valence-corrected chi connectivity index (χ1v) is 8.46. The average Bonchev–Trinajstić information content (AvgIpc) is 2.54. The van der Waals surface area contributed by atoms with E-state index in [0.29, 0.717) is 16.7 Å². The molecule has 0 radical (unpaired) electrons. The summed E-state index contributed by atoms with van der Waals surface area (Å²) in [5, 5.41) is 6.36. The fourth-order valence-electron chi connectivity index (χ4n) is 2.53. The Hall–Kier alpha value is -2.08. The summed E-state index contributed by atoms with van der Waals surface area (Å²) in [4.78, 5) is 0. The number of hydrogen-bond donors (Lipinski definition) is 2. The van der Waals surface area contributed by atoms with Crippen LogP contribution in [-0.2, 0) is 6.18 Å². The van der Waals surface area contributed by atoms with E-state index >= 15 is 0 Å². The zero-order valence-corrected chi connectivity index (χ0v) is 14.9. The maximum atomic E-state index is 12.8. The molecule has 0 aliphatic rings. The Morgan fingerprint density at radius 3 is 2.32 bits per heavy atom. The summed E-state index contributed by atoms with van der Waals surface area (Å²) in [6.07, 6.45) is -3.52. The van der Waals surface area contributed by atoms with Crippen LogP contribution in [0.5, 0.6) is 0 Å². The molecule has 0 aromatic heterocycles. The van der Waals surface area contributed by atoms with Crippen molar-refractivity contribution in [3.63, 3.8) is 0 Å². The van der Waals surface area contributed by atoms with Crippen molar-refractivity contribution < 1.29 is 13.2 Å². The van der Waals surface area contributed by atoms with Gasteiger partial charge in [0.2, 0.25) is 0 Å². The predicted octanol–water partition coefficient (Wildman–Crippen LogP) is 5.78. The third kappa shape index (κ3) is 6.05. The van der Waals surface area contributed by atoms with Gasteiger partial charge in [-0.25, -0.2) is 0 Å². The lowest BCUT2D eigenvalue weighted by molar-refractivity contribution is -0.137. The van der Waals surface area contributed by atoms with Crippen LogP contribution >= 0.6 is 12.2 Å². The fraction of sp³-hybridized carbons (Fsp3) is 0.316. The highest BCUT2D eigenvalue weighted by Crippen LogP contribution is 2.30. The lowest BCUT2D eigenvalue weighted by atomic mass is 9.97. The van der Waals surface area contributed by atoms with Crippen molar-refractivity contribution in [2.75, 3.05) is 5.32 Å². The van der Waals surface area contributed by atoms with Crippen LogP contribution in [0.15, 0.2) is 54.6 Å². The molecule has 0 fully saturated rings. The topological polar surface area (TPSA) is 24.1 Å². The van der Waals surface area contributed by atoms with Crippen molar-refractivity contribution in [2.24, 2.45) is 5.92 Å². The Bertz CT molecular complexity index is 699. The van der Waals surface area contributed by atoms with Crippen molar-refractivity contribution >= 4 is 23.0 Å². The van der Waals surface area contributed by atoms with Gasteiger partial charge in [0, 0.05) is 5.69 Å². The van der Waals surface area contributed by atoms with Crippen molar-refractivity contribution in [3.05, 3.63) is 65.7 Å². The third-order valence-corrected chi connectivity index (χ3v) is 3.88. The summed E-state index contributed by atoms with van der Waals surface area (Å²) in [6.45, 7) is 4.22. The maximum Gasteiger partial charge on any atom is 0.416 e. The van der Waals surface area contributed by atoms with Crippen molar-refractivity contribution in [3.8, 4) is 0 Å². The van der Waals surface area contributed by atoms with Gasteiger partial charge in [0.25, 0.3) is 0 Å². The minimum atomic E-state index is -4.38. The van der Waals surface area contributed by atoms with Crippen LogP contribution < -0.4 is 10.6 Å². The second-order valence-corrected chi connectivity index (χ2v) is 6.68. The van der Waals surface area contributed by atoms with E-state index in [1.54, 1.807) is 6.07 Å². The minimum Gasteiger partial charge on any atom is -0.356 e. The standard InChI is InChI=1S/C19H21F3N2S/c1-13(2)11-17(14-7-4-3-5-8-14)24-18(25)23-16-10-6-9-15(12-16)19(20,21)22/h3-10,12-13,17H,11H2,1-2H3,(H2,23,24,25)/t17-/m1/s1. The number of rotatable bonds is 5. The number of anilines is 1. The average molecular weight is 366 g/mol. The molecule has 0 amide bonds. The molecule has 2 aromatic rings. The van der Waals surface area contributed by atoms with Crippen LogP contribution in [0, 0.1) is 5.92 Å². The Morgan fingerprint density at radius 2 is 1.72 bits per heavy atom. The molecule has 2 rings (SSSR count). The third-order valence-electron chi connectivity index (χ3n) is 3.66. The first-order chi connectivity index (χ1) is 11.8. The van der Waals surface area contributed by atoms with Gasteiger partial charge in [-0.05, 0) is 48.3 Å². The molecule has 25 heavy (non-hydrogen) atoms. The van der Waals surface area contributed by atoms with E-state index in [9.17, 15) is 13.2 Å². The van der Waals surface area contributed by atoms with E-state index in [-0.39, 0.29) is 6.04 Å². The van der Waals surface area contributed by atoms with E-state index in [0.717, 1.165) is 24.1 Å². The zero-order valence-electron chi connectivity index (χ0n) is 14.1. The number of thiocarbonyl (C=S) groups is 1. The van der Waals surface area contributed by atoms with Crippen LogP contribution in [0.3, 0.4) is 0 Å². The predicted molar refractivity (Wildman–Crippen MR) is 99.4 cm³/mol. The summed E-state index contributed by atoms with van der Waals surface area (Å²) in [5.74, 6) is 0.439. The largest absolute Gasteiger partial charge is 0.416 e. The summed E-state index contributed by atoms with van der Waals surface area (Å²) in [5.41, 5.74) is 0.690. The highest BCUT2D eigenvalue weighted by molar-refractivity contribution is 7.80. The fourth-order valence-corrected chi connectivity index (χ4v) is 2.79. The summed E-state index contributed by atoms with van der Waals surface area (Å²) in [6, 6.07) is 14.9. The molecule has 0 saturated carbocycles. The van der Waals surface area contributed by atoms with Gasteiger partial charge in [-0.3, -0.25) is 0 Å². The summed E-state index contributed by atoms with van der Waals surface area (Å²) in [7, 11) is 0. The zero-order chi connectivity index (χ0) is 18.4. The van der Waals surface area contributed by atoms with Gasteiger partial charge >= 0.3 is 6.18 Å². The molecular weight excluding hydrogens is 345 g/mol. The summed E-state index contributed by atoms with van der Waals surface area (Å²) < 4.78 is 38.4. The van der Waals surface area contributed by atoms with Crippen LogP contribution in [-0.4, -0.2) is 5.11 Å². The number of benzene rings is 2. The van der Waals surface area contributed by atoms with Gasteiger partial charge < -0.3 is 10.6 Å². The second kappa shape index (κ2) is 8.34. The van der Waals surface area contributed by atoms with Crippen molar-refractivity contribution in [1.82, 2.24) is 5.32 Å². The van der Waals surface area contributed by atoms with Crippen molar-refractivity contribution in [1.29, 1.82) is 0 Å². The second-order valence-electron chi connectivity index (χ2n) is 6.27. The first-order valence-electron chi connectivity index (χ1n) is 8.05. The lowest BCUT2D eigenvalue weighted by Gasteiger charge is -2.23. The number of nitrogens with one attached hydrogen (secondary N) is 2. The van der Waals surface area contributed by atoms with Gasteiger partial charge in [-0.1, -0.05) is 50.2 Å². The Morgan fingerprint density at radius 1 is 1.04 bits per heavy atom. The van der Waals surface area contributed by atoms with E-state index in [1.165, 1.54) is 6.07 Å². The molecule has 1 atom stereocenters. The van der Waals surface area contributed by atoms with Crippen LogP contribution in [0.25, 0.3) is 0 Å². The molecule has 2 aromatic carbocycles. The van der Waals surface area contributed by atoms with E-state index in [1.807, 2.05) is 30.3 Å². The van der Waals surface area contributed by atoms with Crippen molar-refractivity contribution in [2.45, 2.75) is 32.5 Å². The molecule has 0 aliphatic heterocycles. The molecule has 134 valence electrons. The summed E-state index contributed by atoms with van der Waals surface area (Å²) >= 11 is 5.30. The molecular formula is C19H21F3N2S. The monoisotopic (exact) mass is 366 g/mol. The van der Waals surface area contributed by atoms with Gasteiger partial charge in [0.05, 0.1) is 11.6 Å². The highest BCUT2D eigenvalue weighted by Gasteiger charge is 2.30. The van der Waals surface area contributed by atoms with E-state index in [4.69, 9.17) is 12.2 Å². The first kappa shape index (κ1) is 19.2. The molecule has 0 bridgehead atoms. The number of halogens is 3. The molecule has 0 unspecified atom stereocenters. The van der Waals surface area contributed by atoms with Gasteiger partial charge in [0.1, 0.15) is 0 Å². The SMILES string of the molecule is CC(C)C[C@@H](NC(=S)Nc1cccc(C(F)(F)F)c1)c1ccccc1. The molecule has 0 spiro atoms. The highest BCUT2D eigenvalue weighted by atomic mass is 32.1. The normalized spacial score (nSPS) is 12.7. The quantitative estimate of drug-likeness (QED) is 0.656.